The molecule has 0 bridgehead atoms. The van der Waals surface area contributed by atoms with Gasteiger partial charge in [0.1, 0.15) is 5.82 Å². The predicted molar refractivity (Wildman–Crippen MR) is 74.2 cm³/mol. The summed E-state index contributed by atoms with van der Waals surface area (Å²) in [4.78, 5) is 25.9. The number of amides is 2. The number of anilines is 1. The SMILES string of the molecule is CCN(C(=O)N(C)CC(C)C(=O)O)c1ccc(F)cc1. The minimum Gasteiger partial charge on any atom is -0.481 e. The van der Waals surface area contributed by atoms with E-state index < -0.39 is 11.9 Å². The highest BCUT2D eigenvalue weighted by molar-refractivity contribution is 5.92. The van der Waals surface area contributed by atoms with Crippen LogP contribution in [0.4, 0.5) is 14.9 Å². The zero-order chi connectivity index (χ0) is 15.3. The molecule has 1 N–H and O–H groups in total. The second kappa shape index (κ2) is 6.88. The highest BCUT2D eigenvalue weighted by Gasteiger charge is 2.22. The summed E-state index contributed by atoms with van der Waals surface area (Å²) < 4.78 is 12.9. The topological polar surface area (TPSA) is 60.9 Å². The monoisotopic (exact) mass is 282 g/mol. The van der Waals surface area contributed by atoms with Gasteiger partial charge < -0.3 is 10.0 Å². The molecule has 0 aliphatic rings. The van der Waals surface area contributed by atoms with Gasteiger partial charge in [-0.1, -0.05) is 6.92 Å². The van der Waals surface area contributed by atoms with Crippen LogP contribution in [0.2, 0.25) is 0 Å². The summed E-state index contributed by atoms with van der Waals surface area (Å²) in [6.45, 7) is 3.87. The number of carbonyl (C=O) groups excluding carboxylic acids is 1. The van der Waals surface area contributed by atoms with Crippen molar-refractivity contribution >= 4 is 17.7 Å². The molecule has 1 rings (SSSR count). The van der Waals surface area contributed by atoms with Crippen LogP contribution in [0.25, 0.3) is 0 Å². The Morgan fingerprint density at radius 1 is 1.30 bits per heavy atom. The quantitative estimate of drug-likeness (QED) is 0.902. The standard InChI is InChI=1S/C14H19FN2O3/c1-4-17(12-7-5-11(15)6-8-12)14(20)16(3)9-10(2)13(18)19/h5-8,10H,4,9H2,1-3H3,(H,18,19). The molecule has 0 heterocycles. The molecule has 0 saturated heterocycles. The number of nitrogens with zero attached hydrogens (tertiary/aromatic N) is 2. The minimum absolute atomic E-state index is 0.117. The second-order valence-corrected chi connectivity index (χ2v) is 4.62. The van der Waals surface area contributed by atoms with Gasteiger partial charge in [0.2, 0.25) is 0 Å². The fourth-order valence-electron chi connectivity index (χ4n) is 1.82. The highest BCUT2D eigenvalue weighted by Crippen LogP contribution is 2.16. The molecule has 0 radical (unpaired) electrons. The smallest absolute Gasteiger partial charge is 0.324 e. The fraction of sp³-hybridized carbons (Fsp3) is 0.429. The van der Waals surface area contributed by atoms with E-state index in [0.29, 0.717) is 12.2 Å². The van der Waals surface area contributed by atoms with Crippen LogP contribution in [0.3, 0.4) is 0 Å². The Balaban J connectivity index is 2.81. The molecule has 2 amide bonds. The van der Waals surface area contributed by atoms with Gasteiger partial charge in [0.15, 0.2) is 0 Å². The summed E-state index contributed by atoms with van der Waals surface area (Å²) in [7, 11) is 1.55. The van der Waals surface area contributed by atoms with Gasteiger partial charge in [-0.05, 0) is 31.2 Å². The maximum absolute atomic E-state index is 12.9. The largest absolute Gasteiger partial charge is 0.481 e. The third-order valence-corrected chi connectivity index (χ3v) is 2.98. The number of hydrogen-bond donors (Lipinski definition) is 1. The molecule has 0 aliphatic heterocycles. The van der Waals surface area contributed by atoms with Gasteiger partial charge >= 0.3 is 12.0 Å². The van der Waals surface area contributed by atoms with Crippen LogP contribution < -0.4 is 4.90 Å². The molecule has 0 fully saturated rings. The van der Waals surface area contributed by atoms with Gasteiger partial charge in [-0.15, -0.1) is 0 Å². The number of carbonyl (C=O) groups is 2. The van der Waals surface area contributed by atoms with Gasteiger partial charge in [-0.2, -0.15) is 0 Å². The first-order chi connectivity index (χ1) is 9.36. The van der Waals surface area contributed by atoms with E-state index in [1.54, 1.807) is 20.9 Å². The Labute approximate surface area is 117 Å². The average Bonchev–Trinajstić information content (AvgIpc) is 2.41. The van der Waals surface area contributed by atoms with Crippen LogP contribution in [0.5, 0.6) is 0 Å². The maximum Gasteiger partial charge on any atom is 0.324 e. The summed E-state index contributed by atoms with van der Waals surface area (Å²) in [5, 5.41) is 8.86. The van der Waals surface area contributed by atoms with Crippen LogP contribution >= 0.6 is 0 Å². The van der Waals surface area contributed by atoms with E-state index in [9.17, 15) is 14.0 Å². The first kappa shape index (κ1) is 15.9. The number of rotatable bonds is 5. The third-order valence-electron chi connectivity index (χ3n) is 2.98. The van der Waals surface area contributed by atoms with Crippen molar-refractivity contribution in [3.63, 3.8) is 0 Å². The Hall–Kier alpha value is -2.11. The molecule has 20 heavy (non-hydrogen) atoms. The van der Waals surface area contributed by atoms with Crippen molar-refractivity contribution in [3.8, 4) is 0 Å². The summed E-state index contributed by atoms with van der Waals surface area (Å²) in [6, 6.07) is 5.29. The third kappa shape index (κ3) is 3.94. The van der Waals surface area contributed by atoms with Crippen molar-refractivity contribution in [3.05, 3.63) is 30.1 Å². The number of aliphatic carboxylic acids is 1. The van der Waals surface area contributed by atoms with E-state index in [4.69, 9.17) is 5.11 Å². The molecule has 1 aromatic rings. The van der Waals surface area contributed by atoms with E-state index in [1.807, 2.05) is 0 Å². The zero-order valence-electron chi connectivity index (χ0n) is 11.8. The van der Waals surface area contributed by atoms with Crippen LogP contribution in [0.15, 0.2) is 24.3 Å². The second-order valence-electron chi connectivity index (χ2n) is 4.62. The number of carboxylic acid groups (broad SMARTS) is 1. The van der Waals surface area contributed by atoms with Crippen molar-refractivity contribution in [1.29, 1.82) is 0 Å². The van der Waals surface area contributed by atoms with Gasteiger partial charge in [0, 0.05) is 25.8 Å². The van der Waals surface area contributed by atoms with Crippen molar-refractivity contribution in [1.82, 2.24) is 4.90 Å². The van der Waals surface area contributed by atoms with Crippen molar-refractivity contribution in [2.45, 2.75) is 13.8 Å². The molecule has 6 heteroatoms. The van der Waals surface area contributed by atoms with E-state index in [2.05, 4.69) is 0 Å². The van der Waals surface area contributed by atoms with Gasteiger partial charge in [0.05, 0.1) is 5.92 Å². The lowest BCUT2D eigenvalue weighted by Gasteiger charge is -2.28. The molecule has 0 aliphatic carbocycles. The number of urea groups is 1. The molecule has 1 aromatic carbocycles. The van der Waals surface area contributed by atoms with Gasteiger partial charge in [-0.3, -0.25) is 9.69 Å². The summed E-state index contributed by atoms with van der Waals surface area (Å²) in [6.07, 6.45) is 0. The molecule has 1 atom stereocenters. The normalized spacial score (nSPS) is 11.8. The molecule has 0 aromatic heterocycles. The highest BCUT2D eigenvalue weighted by atomic mass is 19.1. The number of halogens is 1. The fourth-order valence-corrected chi connectivity index (χ4v) is 1.82. The molecule has 0 saturated carbocycles. The zero-order valence-corrected chi connectivity index (χ0v) is 11.8. The first-order valence-electron chi connectivity index (χ1n) is 6.37. The average molecular weight is 282 g/mol. The molecular formula is C14H19FN2O3. The van der Waals surface area contributed by atoms with Crippen LogP contribution in [0.1, 0.15) is 13.8 Å². The first-order valence-corrected chi connectivity index (χ1v) is 6.37. The lowest BCUT2D eigenvalue weighted by Crippen LogP contribution is -2.43. The van der Waals surface area contributed by atoms with Crippen LogP contribution in [0, 0.1) is 11.7 Å². The van der Waals surface area contributed by atoms with Gasteiger partial charge in [-0.25, -0.2) is 9.18 Å². The Bertz CT molecular complexity index is 476. The van der Waals surface area contributed by atoms with E-state index in [0.717, 1.165) is 0 Å². The van der Waals surface area contributed by atoms with Crippen molar-refractivity contribution < 1.29 is 19.1 Å². The molecule has 5 nitrogen and oxygen atoms in total. The summed E-state index contributed by atoms with van der Waals surface area (Å²) >= 11 is 0. The molecule has 0 spiro atoms. The molecule has 110 valence electrons. The Morgan fingerprint density at radius 3 is 2.30 bits per heavy atom. The summed E-state index contributed by atoms with van der Waals surface area (Å²) in [5.41, 5.74) is 0.578. The number of carboxylic acids is 1. The Morgan fingerprint density at radius 2 is 1.85 bits per heavy atom. The van der Waals surface area contributed by atoms with E-state index in [-0.39, 0.29) is 18.4 Å². The van der Waals surface area contributed by atoms with Crippen LogP contribution in [-0.2, 0) is 4.79 Å². The lowest BCUT2D eigenvalue weighted by atomic mass is 10.2. The summed E-state index contributed by atoms with van der Waals surface area (Å²) in [5.74, 6) is -1.96. The van der Waals surface area contributed by atoms with E-state index >= 15 is 0 Å². The van der Waals surface area contributed by atoms with Gasteiger partial charge in [0.25, 0.3) is 0 Å². The van der Waals surface area contributed by atoms with Crippen LogP contribution in [-0.4, -0.2) is 42.1 Å². The lowest BCUT2D eigenvalue weighted by molar-refractivity contribution is -0.141. The van der Waals surface area contributed by atoms with Crippen molar-refractivity contribution in [2.24, 2.45) is 5.92 Å². The molecule has 1 unspecified atom stereocenters. The number of hydrogen-bond acceptors (Lipinski definition) is 2. The minimum atomic E-state index is -0.950. The van der Waals surface area contributed by atoms with Crippen molar-refractivity contribution in [2.75, 3.05) is 25.0 Å². The number of benzene rings is 1. The maximum atomic E-state index is 12.9. The molecular weight excluding hydrogens is 263 g/mol. The van der Waals surface area contributed by atoms with E-state index in [1.165, 1.54) is 34.1 Å². The predicted octanol–water partition coefficient (Wildman–Crippen LogP) is 2.42. The Kier molecular flexibility index (Phi) is 5.49.